The molecule has 0 fully saturated rings. The summed E-state index contributed by atoms with van der Waals surface area (Å²) in [6.45, 7) is 0.0903. The molecule has 110 valence electrons. The fraction of sp³-hybridized carbons (Fsp3) is 0.357. The van der Waals surface area contributed by atoms with Gasteiger partial charge >= 0.3 is 5.97 Å². The van der Waals surface area contributed by atoms with Crippen molar-refractivity contribution in [3.8, 4) is 5.75 Å². The summed E-state index contributed by atoms with van der Waals surface area (Å²) in [6.07, 6.45) is 0.783. The maximum Gasteiger partial charge on any atom is 0.329 e. The standard InChI is InChI=1S/C14H14N2O5/c17-13(18)8-19-7-12-15-14(16-21-12)10-5-9-3-1-2-4-11(9)20-6-10/h1-4,10H,5-8H2,(H,17,18). The summed E-state index contributed by atoms with van der Waals surface area (Å²) < 4.78 is 15.6. The Morgan fingerprint density at radius 1 is 1.43 bits per heavy atom. The lowest BCUT2D eigenvalue weighted by molar-refractivity contribution is -0.142. The minimum atomic E-state index is -1.04. The minimum absolute atomic E-state index is 0.0105. The number of hydrogen-bond acceptors (Lipinski definition) is 6. The van der Waals surface area contributed by atoms with Gasteiger partial charge in [0.05, 0.1) is 12.5 Å². The SMILES string of the molecule is O=C(O)COCc1nc(C2COc3ccccc3C2)no1. The summed E-state index contributed by atoms with van der Waals surface area (Å²) in [4.78, 5) is 14.6. The van der Waals surface area contributed by atoms with E-state index in [1.165, 1.54) is 0 Å². The van der Waals surface area contributed by atoms with E-state index < -0.39 is 12.6 Å². The van der Waals surface area contributed by atoms with Gasteiger partial charge in [-0.3, -0.25) is 0 Å². The molecule has 7 nitrogen and oxygen atoms in total. The van der Waals surface area contributed by atoms with Crippen LogP contribution in [-0.2, 0) is 22.6 Å². The van der Waals surface area contributed by atoms with E-state index >= 15 is 0 Å². The van der Waals surface area contributed by atoms with Gasteiger partial charge in [0.15, 0.2) is 5.82 Å². The Kier molecular flexibility index (Phi) is 3.83. The van der Waals surface area contributed by atoms with Gasteiger partial charge in [-0.15, -0.1) is 0 Å². The molecular formula is C14H14N2O5. The van der Waals surface area contributed by atoms with Gasteiger partial charge in [0.2, 0.25) is 0 Å². The predicted molar refractivity (Wildman–Crippen MR) is 70.0 cm³/mol. The molecule has 0 spiro atoms. The molecule has 2 heterocycles. The second-order valence-electron chi connectivity index (χ2n) is 4.75. The Morgan fingerprint density at radius 3 is 3.14 bits per heavy atom. The van der Waals surface area contributed by atoms with Crippen molar-refractivity contribution < 1.29 is 23.9 Å². The van der Waals surface area contributed by atoms with Crippen LogP contribution >= 0.6 is 0 Å². The molecule has 2 aromatic rings. The van der Waals surface area contributed by atoms with Crippen LogP contribution in [0.5, 0.6) is 5.75 Å². The van der Waals surface area contributed by atoms with E-state index in [0.717, 1.165) is 17.7 Å². The van der Waals surface area contributed by atoms with Crippen molar-refractivity contribution in [3.05, 3.63) is 41.5 Å². The van der Waals surface area contributed by atoms with Crippen LogP contribution in [-0.4, -0.2) is 34.4 Å². The quantitative estimate of drug-likeness (QED) is 0.889. The predicted octanol–water partition coefficient (Wildman–Crippen LogP) is 1.39. The van der Waals surface area contributed by atoms with Crippen LogP contribution in [0.2, 0.25) is 0 Å². The van der Waals surface area contributed by atoms with Crippen LogP contribution in [0.1, 0.15) is 23.2 Å². The fourth-order valence-electron chi connectivity index (χ4n) is 2.21. The van der Waals surface area contributed by atoms with Crippen molar-refractivity contribution in [3.63, 3.8) is 0 Å². The Hall–Kier alpha value is -2.41. The average molecular weight is 290 g/mol. The van der Waals surface area contributed by atoms with E-state index in [2.05, 4.69) is 10.1 Å². The van der Waals surface area contributed by atoms with Crippen LogP contribution in [0.25, 0.3) is 0 Å². The summed E-state index contributed by atoms with van der Waals surface area (Å²) >= 11 is 0. The van der Waals surface area contributed by atoms with Gasteiger partial charge < -0.3 is 19.1 Å². The van der Waals surface area contributed by atoms with Gasteiger partial charge in [-0.1, -0.05) is 23.4 Å². The molecule has 0 radical (unpaired) electrons. The zero-order valence-corrected chi connectivity index (χ0v) is 11.2. The number of carboxylic acid groups (broad SMARTS) is 1. The molecule has 3 rings (SSSR count). The Labute approximate surface area is 120 Å². The van der Waals surface area contributed by atoms with Crippen LogP contribution in [0.4, 0.5) is 0 Å². The summed E-state index contributed by atoms with van der Waals surface area (Å²) in [7, 11) is 0. The van der Waals surface area contributed by atoms with Crippen molar-refractivity contribution >= 4 is 5.97 Å². The number of para-hydroxylation sites is 1. The molecule has 0 amide bonds. The third-order valence-electron chi connectivity index (χ3n) is 3.18. The second-order valence-corrected chi connectivity index (χ2v) is 4.75. The van der Waals surface area contributed by atoms with Crippen LogP contribution in [0.3, 0.4) is 0 Å². The number of carboxylic acids is 1. The lowest BCUT2D eigenvalue weighted by atomic mass is 9.96. The van der Waals surface area contributed by atoms with Crippen LogP contribution < -0.4 is 4.74 Å². The summed E-state index contributed by atoms with van der Waals surface area (Å²) in [5.41, 5.74) is 1.11. The maximum atomic E-state index is 10.4. The molecule has 1 unspecified atom stereocenters. The largest absolute Gasteiger partial charge is 0.493 e. The first-order valence-corrected chi connectivity index (χ1v) is 6.55. The number of rotatable bonds is 5. The smallest absolute Gasteiger partial charge is 0.329 e. The number of nitrogens with zero attached hydrogens (tertiary/aromatic N) is 2. The first kappa shape index (κ1) is 13.6. The second kappa shape index (κ2) is 5.92. The Balaban J connectivity index is 1.63. The summed E-state index contributed by atoms with van der Waals surface area (Å²) in [5, 5.41) is 12.4. The number of ether oxygens (including phenoxy) is 2. The molecule has 1 aliphatic heterocycles. The van der Waals surface area contributed by atoms with Crippen molar-refractivity contribution in [2.45, 2.75) is 18.9 Å². The lowest BCUT2D eigenvalue weighted by Crippen LogP contribution is -2.20. The summed E-state index contributed by atoms with van der Waals surface area (Å²) in [6, 6.07) is 7.85. The van der Waals surface area contributed by atoms with Crippen molar-refractivity contribution in [1.82, 2.24) is 10.1 Å². The van der Waals surface area contributed by atoms with E-state index in [-0.39, 0.29) is 18.4 Å². The van der Waals surface area contributed by atoms with Crippen molar-refractivity contribution in [2.75, 3.05) is 13.2 Å². The van der Waals surface area contributed by atoms with E-state index in [1.807, 2.05) is 24.3 Å². The first-order valence-electron chi connectivity index (χ1n) is 6.55. The minimum Gasteiger partial charge on any atom is -0.493 e. The highest BCUT2D eigenvalue weighted by Crippen LogP contribution is 2.30. The molecular weight excluding hydrogens is 276 g/mol. The normalized spacial score (nSPS) is 17.0. The number of benzene rings is 1. The third kappa shape index (κ3) is 3.19. The zero-order valence-electron chi connectivity index (χ0n) is 11.2. The number of aromatic nitrogens is 2. The van der Waals surface area contributed by atoms with E-state index in [9.17, 15) is 4.79 Å². The first-order chi connectivity index (χ1) is 10.2. The van der Waals surface area contributed by atoms with Gasteiger partial charge in [0.25, 0.3) is 5.89 Å². The average Bonchev–Trinajstić information content (AvgIpc) is 2.95. The number of aliphatic carboxylic acids is 1. The topological polar surface area (TPSA) is 94.7 Å². The van der Waals surface area contributed by atoms with E-state index in [0.29, 0.717) is 12.4 Å². The molecule has 1 aromatic carbocycles. The number of hydrogen-bond donors (Lipinski definition) is 1. The fourth-order valence-corrected chi connectivity index (χ4v) is 2.21. The molecule has 0 saturated carbocycles. The molecule has 0 saturated heterocycles. The van der Waals surface area contributed by atoms with Crippen molar-refractivity contribution in [1.29, 1.82) is 0 Å². The number of carbonyl (C=O) groups is 1. The number of fused-ring (bicyclic) bond motifs is 1. The highest BCUT2D eigenvalue weighted by molar-refractivity contribution is 5.67. The molecule has 0 aliphatic carbocycles. The maximum absolute atomic E-state index is 10.4. The van der Waals surface area contributed by atoms with Gasteiger partial charge in [-0.05, 0) is 18.1 Å². The zero-order chi connectivity index (χ0) is 14.7. The molecule has 7 heteroatoms. The molecule has 1 atom stereocenters. The van der Waals surface area contributed by atoms with E-state index in [4.69, 9.17) is 19.1 Å². The van der Waals surface area contributed by atoms with Crippen LogP contribution in [0, 0.1) is 0 Å². The molecule has 1 aliphatic rings. The van der Waals surface area contributed by atoms with Gasteiger partial charge in [-0.25, -0.2) is 4.79 Å². The third-order valence-corrected chi connectivity index (χ3v) is 3.18. The molecule has 21 heavy (non-hydrogen) atoms. The Morgan fingerprint density at radius 2 is 2.29 bits per heavy atom. The molecule has 1 N–H and O–H groups in total. The lowest BCUT2D eigenvalue weighted by Gasteiger charge is -2.22. The Bertz CT molecular complexity index is 640. The van der Waals surface area contributed by atoms with E-state index in [1.54, 1.807) is 0 Å². The van der Waals surface area contributed by atoms with Crippen molar-refractivity contribution in [2.24, 2.45) is 0 Å². The summed E-state index contributed by atoms with van der Waals surface area (Å²) in [5.74, 6) is 0.703. The highest BCUT2D eigenvalue weighted by atomic mass is 16.5. The highest BCUT2D eigenvalue weighted by Gasteiger charge is 2.25. The molecule has 0 bridgehead atoms. The van der Waals surface area contributed by atoms with Crippen LogP contribution in [0.15, 0.2) is 28.8 Å². The van der Waals surface area contributed by atoms with Gasteiger partial charge in [0.1, 0.15) is 19.0 Å². The monoisotopic (exact) mass is 290 g/mol. The molecule has 1 aromatic heterocycles. The van der Waals surface area contributed by atoms with Gasteiger partial charge in [-0.2, -0.15) is 4.98 Å². The van der Waals surface area contributed by atoms with Gasteiger partial charge in [0, 0.05) is 0 Å².